The van der Waals surface area contributed by atoms with Gasteiger partial charge >= 0.3 is 0 Å². The minimum atomic E-state index is -0.735. The molecule has 1 amide bonds. The fourth-order valence-corrected chi connectivity index (χ4v) is 4.95. The van der Waals surface area contributed by atoms with Crippen molar-refractivity contribution in [3.63, 3.8) is 0 Å². The average Bonchev–Trinajstić information content (AvgIpc) is 3.49. The number of rotatable bonds is 10. The number of aliphatic hydroxyl groups excluding tert-OH is 1. The number of aromatic amines is 1. The number of hydrogen-bond donors (Lipinski definition) is 2. The van der Waals surface area contributed by atoms with E-state index in [1.165, 1.54) is 6.08 Å². The van der Waals surface area contributed by atoms with Crippen LogP contribution in [0.2, 0.25) is 0 Å². The first-order chi connectivity index (χ1) is 19.0. The standard InChI is InChI=1S/C32H30N2O5/c1-3-39-24-12-10-22(11-13-24)30-29(28(35)16-9-21-7-5-4-6-8-21)31(36)32(37)34(30)18-17-23-20-33-27-15-14-25(38-2)19-26(23)27/h4-16,19-20,30,33,36H,3,17-18H2,1-2H3/b16-9+/t30-/m1/s1. The van der Waals surface area contributed by atoms with Crippen molar-refractivity contribution in [3.05, 3.63) is 113 Å². The van der Waals surface area contributed by atoms with Crippen LogP contribution in [0.1, 0.15) is 29.7 Å². The summed E-state index contributed by atoms with van der Waals surface area (Å²) in [4.78, 5) is 31.6. The van der Waals surface area contributed by atoms with Gasteiger partial charge in [0.25, 0.3) is 5.91 Å². The number of hydrogen-bond acceptors (Lipinski definition) is 5. The van der Waals surface area contributed by atoms with Gasteiger partial charge in [0.15, 0.2) is 11.5 Å². The van der Waals surface area contributed by atoms with Crippen LogP contribution < -0.4 is 9.47 Å². The highest BCUT2D eigenvalue weighted by Crippen LogP contribution is 2.39. The molecule has 0 spiro atoms. The Morgan fingerprint density at radius 3 is 2.51 bits per heavy atom. The van der Waals surface area contributed by atoms with Crippen molar-refractivity contribution in [3.8, 4) is 11.5 Å². The Bertz CT molecular complexity index is 1550. The molecule has 0 radical (unpaired) electrons. The van der Waals surface area contributed by atoms with E-state index in [-0.39, 0.29) is 5.57 Å². The van der Waals surface area contributed by atoms with Crippen molar-refractivity contribution in [2.24, 2.45) is 0 Å². The van der Waals surface area contributed by atoms with E-state index >= 15 is 0 Å². The molecule has 0 unspecified atom stereocenters. The monoisotopic (exact) mass is 522 g/mol. The van der Waals surface area contributed by atoms with Gasteiger partial charge in [-0.3, -0.25) is 9.59 Å². The highest BCUT2D eigenvalue weighted by Gasteiger charge is 2.42. The van der Waals surface area contributed by atoms with Gasteiger partial charge in [-0.1, -0.05) is 48.5 Å². The van der Waals surface area contributed by atoms with Crippen molar-refractivity contribution in [1.29, 1.82) is 0 Å². The summed E-state index contributed by atoms with van der Waals surface area (Å²) >= 11 is 0. The fraction of sp³-hybridized carbons (Fsp3) is 0.188. The lowest BCUT2D eigenvalue weighted by Gasteiger charge is -2.26. The fourth-order valence-electron chi connectivity index (χ4n) is 4.95. The molecule has 0 fully saturated rings. The molecule has 1 aliphatic rings. The first-order valence-electron chi connectivity index (χ1n) is 12.9. The first kappa shape index (κ1) is 25.9. The molecule has 0 aliphatic carbocycles. The Labute approximate surface area is 227 Å². The molecule has 0 saturated heterocycles. The van der Waals surface area contributed by atoms with E-state index < -0.39 is 23.5 Å². The summed E-state index contributed by atoms with van der Waals surface area (Å²) in [5.74, 6) is -0.0666. The second-order valence-electron chi connectivity index (χ2n) is 9.25. The van der Waals surface area contributed by atoms with E-state index in [1.807, 2.05) is 85.9 Å². The van der Waals surface area contributed by atoms with Crippen LogP contribution in [0, 0.1) is 0 Å². The van der Waals surface area contributed by atoms with Crippen LogP contribution in [-0.2, 0) is 16.0 Å². The van der Waals surface area contributed by atoms with Crippen LogP contribution in [0.4, 0.5) is 0 Å². The summed E-state index contributed by atoms with van der Waals surface area (Å²) in [7, 11) is 1.62. The zero-order chi connectivity index (χ0) is 27.4. The second-order valence-corrected chi connectivity index (χ2v) is 9.25. The Balaban J connectivity index is 1.47. The lowest BCUT2D eigenvalue weighted by atomic mass is 9.95. The predicted molar refractivity (Wildman–Crippen MR) is 151 cm³/mol. The molecule has 1 aromatic heterocycles. The molecule has 198 valence electrons. The predicted octanol–water partition coefficient (Wildman–Crippen LogP) is 5.80. The quantitative estimate of drug-likeness (QED) is 0.257. The third-order valence-corrected chi connectivity index (χ3v) is 6.90. The number of H-pyrrole nitrogens is 1. The first-order valence-corrected chi connectivity index (χ1v) is 12.9. The number of nitrogens with zero attached hydrogens (tertiary/aromatic N) is 1. The van der Waals surface area contributed by atoms with Crippen LogP contribution in [-0.4, -0.2) is 46.9 Å². The number of amides is 1. The van der Waals surface area contributed by atoms with Gasteiger partial charge in [0, 0.05) is 23.6 Å². The Morgan fingerprint density at radius 2 is 1.79 bits per heavy atom. The van der Waals surface area contributed by atoms with Crippen molar-refractivity contribution in [2.75, 3.05) is 20.3 Å². The molecule has 2 N–H and O–H groups in total. The van der Waals surface area contributed by atoms with Crippen LogP contribution >= 0.6 is 0 Å². The summed E-state index contributed by atoms with van der Waals surface area (Å²) in [5.41, 5.74) is 3.60. The summed E-state index contributed by atoms with van der Waals surface area (Å²) < 4.78 is 11.0. The summed E-state index contributed by atoms with van der Waals surface area (Å²) in [5, 5.41) is 11.9. The number of benzene rings is 3. The van der Waals surface area contributed by atoms with Crippen LogP contribution in [0.15, 0.2) is 96.4 Å². The number of fused-ring (bicyclic) bond motifs is 1. The van der Waals surface area contributed by atoms with E-state index in [4.69, 9.17) is 9.47 Å². The minimum Gasteiger partial charge on any atom is -0.503 e. The van der Waals surface area contributed by atoms with Gasteiger partial charge in [0.1, 0.15) is 11.5 Å². The number of ketones is 1. The SMILES string of the molecule is CCOc1ccc([C@@H]2C(C(=O)/C=C/c3ccccc3)=C(O)C(=O)N2CCc2c[nH]c3ccc(OC)cc23)cc1. The molecule has 7 nitrogen and oxygen atoms in total. The Hall–Kier alpha value is -4.78. The summed E-state index contributed by atoms with van der Waals surface area (Å²) in [6, 6.07) is 21.8. The van der Waals surface area contributed by atoms with Gasteiger partial charge < -0.3 is 24.5 Å². The maximum absolute atomic E-state index is 13.4. The summed E-state index contributed by atoms with van der Waals surface area (Å²) in [6.45, 7) is 2.73. The number of ether oxygens (including phenoxy) is 2. The van der Waals surface area contributed by atoms with Crippen molar-refractivity contribution in [1.82, 2.24) is 9.88 Å². The maximum Gasteiger partial charge on any atom is 0.290 e. The smallest absolute Gasteiger partial charge is 0.290 e. The maximum atomic E-state index is 13.4. The van der Waals surface area contributed by atoms with E-state index in [1.54, 1.807) is 18.1 Å². The lowest BCUT2D eigenvalue weighted by Crippen LogP contribution is -2.33. The highest BCUT2D eigenvalue weighted by atomic mass is 16.5. The van der Waals surface area contributed by atoms with Gasteiger partial charge in [0.05, 0.1) is 25.3 Å². The molecule has 4 aromatic rings. The van der Waals surface area contributed by atoms with E-state index in [2.05, 4.69) is 4.98 Å². The largest absolute Gasteiger partial charge is 0.503 e. The number of allylic oxidation sites excluding steroid dienone is 1. The number of methoxy groups -OCH3 is 1. The van der Waals surface area contributed by atoms with Gasteiger partial charge in [-0.25, -0.2) is 0 Å². The van der Waals surface area contributed by atoms with Crippen molar-refractivity contribution < 1.29 is 24.2 Å². The van der Waals surface area contributed by atoms with Crippen molar-refractivity contribution in [2.45, 2.75) is 19.4 Å². The molecule has 1 aliphatic heterocycles. The molecule has 3 aromatic carbocycles. The molecule has 39 heavy (non-hydrogen) atoms. The summed E-state index contributed by atoms with van der Waals surface area (Å²) in [6.07, 6.45) is 5.52. The third-order valence-electron chi connectivity index (χ3n) is 6.90. The molecule has 0 bridgehead atoms. The average molecular weight is 523 g/mol. The zero-order valence-corrected chi connectivity index (χ0v) is 21.9. The van der Waals surface area contributed by atoms with E-state index in [0.717, 1.165) is 27.8 Å². The molecular weight excluding hydrogens is 492 g/mol. The molecule has 5 rings (SSSR count). The minimum absolute atomic E-state index is 0.0666. The van der Waals surface area contributed by atoms with Crippen LogP contribution in [0.5, 0.6) is 11.5 Å². The number of aliphatic hydroxyl groups is 1. The molecule has 0 saturated carbocycles. The molecular formula is C32H30N2O5. The van der Waals surface area contributed by atoms with Gasteiger partial charge in [-0.05, 0) is 66.4 Å². The zero-order valence-electron chi connectivity index (χ0n) is 21.9. The van der Waals surface area contributed by atoms with Gasteiger partial charge in [-0.15, -0.1) is 0 Å². The van der Waals surface area contributed by atoms with Crippen molar-refractivity contribution >= 4 is 28.7 Å². The number of nitrogens with one attached hydrogen (secondary N) is 1. The highest BCUT2D eigenvalue weighted by molar-refractivity contribution is 6.14. The normalized spacial score (nSPS) is 15.5. The number of aromatic nitrogens is 1. The topological polar surface area (TPSA) is 91.9 Å². The lowest BCUT2D eigenvalue weighted by molar-refractivity contribution is -0.129. The van der Waals surface area contributed by atoms with Crippen LogP contribution in [0.25, 0.3) is 17.0 Å². The Morgan fingerprint density at radius 1 is 1.05 bits per heavy atom. The number of carbonyl (C=O) groups is 2. The Kier molecular flexibility index (Phi) is 7.50. The third kappa shape index (κ3) is 5.29. The molecule has 1 atom stereocenters. The van der Waals surface area contributed by atoms with Crippen LogP contribution in [0.3, 0.4) is 0 Å². The molecule has 2 heterocycles. The van der Waals surface area contributed by atoms with Gasteiger partial charge in [-0.2, -0.15) is 0 Å². The van der Waals surface area contributed by atoms with Gasteiger partial charge in [0.2, 0.25) is 0 Å². The van der Waals surface area contributed by atoms with E-state index in [9.17, 15) is 14.7 Å². The van der Waals surface area contributed by atoms with E-state index in [0.29, 0.717) is 30.9 Å². The second kappa shape index (κ2) is 11.3. The number of carbonyl (C=O) groups excluding carboxylic acids is 2. The molecule has 7 heteroatoms.